The normalized spacial score (nSPS) is 16.7. The highest BCUT2D eigenvalue weighted by atomic mass is 19.1. The fourth-order valence-electron chi connectivity index (χ4n) is 2.71. The van der Waals surface area contributed by atoms with Gasteiger partial charge in [0.25, 0.3) is 0 Å². The van der Waals surface area contributed by atoms with Crippen LogP contribution in [0, 0.1) is 17.1 Å². The molecule has 0 saturated carbocycles. The minimum Gasteiger partial charge on any atom is -0.442 e. The van der Waals surface area contributed by atoms with Gasteiger partial charge in [-0.05, 0) is 50.8 Å². The molecule has 1 aromatic carbocycles. The van der Waals surface area contributed by atoms with Gasteiger partial charge in [-0.25, -0.2) is 9.18 Å². The lowest BCUT2D eigenvalue weighted by molar-refractivity contribution is 0.00346. The van der Waals surface area contributed by atoms with Crippen LogP contribution in [0.4, 0.5) is 9.18 Å². The largest absolute Gasteiger partial charge is 0.442 e. The second-order valence-corrected chi connectivity index (χ2v) is 6.13. The summed E-state index contributed by atoms with van der Waals surface area (Å²) >= 11 is 0. The van der Waals surface area contributed by atoms with Gasteiger partial charge in [0.15, 0.2) is 0 Å². The van der Waals surface area contributed by atoms with Gasteiger partial charge in [-0.1, -0.05) is 12.1 Å². The van der Waals surface area contributed by atoms with E-state index in [0.29, 0.717) is 18.7 Å². The summed E-state index contributed by atoms with van der Waals surface area (Å²) in [6.07, 6.45) is 2.71. The highest BCUT2D eigenvalue weighted by molar-refractivity contribution is 5.68. The van der Waals surface area contributed by atoms with Crippen LogP contribution in [0.3, 0.4) is 0 Å². The maximum absolute atomic E-state index is 13.0. The van der Waals surface area contributed by atoms with Crippen LogP contribution in [0.5, 0.6) is 0 Å². The van der Waals surface area contributed by atoms with Crippen molar-refractivity contribution in [2.45, 2.75) is 44.6 Å². The minimum atomic E-state index is -0.985. The van der Waals surface area contributed by atoms with E-state index in [4.69, 9.17) is 4.74 Å². The number of likely N-dealkylation sites (tertiary alicyclic amines) is 1. The number of benzene rings is 1. The SMILES string of the molecule is CC(C)(OC(=O)N1CCCCC1)C(C#N)c1ccc(F)cc1. The Morgan fingerprint density at radius 3 is 2.41 bits per heavy atom. The smallest absolute Gasteiger partial charge is 0.410 e. The van der Waals surface area contributed by atoms with E-state index < -0.39 is 11.5 Å². The molecule has 4 nitrogen and oxygen atoms in total. The maximum Gasteiger partial charge on any atom is 0.410 e. The molecule has 0 aromatic heterocycles. The first kappa shape index (κ1) is 16.3. The molecular formula is C17H21FN2O2. The van der Waals surface area contributed by atoms with Gasteiger partial charge in [-0.15, -0.1) is 0 Å². The third kappa shape index (κ3) is 3.76. The lowest BCUT2D eigenvalue weighted by Crippen LogP contribution is -2.43. The molecule has 1 amide bonds. The van der Waals surface area contributed by atoms with Gasteiger partial charge in [-0.2, -0.15) is 5.26 Å². The Balaban J connectivity index is 2.11. The number of halogens is 1. The number of hydrogen-bond donors (Lipinski definition) is 0. The molecule has 1 aliphatic rings. The summed E-state index contributed by atoms with van der Waals surface area (Å²) in [7, 11) is 0. The Labute approximate surface area is 130 Å². The summed E-state index contributed by atoms with van der Waals surface area (Å²) in [5.74, 6) is -1.01. The van der Waals surface area contributed by atoms with Crippen LogP contribution in [0.1, 0.15) is 44.6 Å². The monoisotopic (exact) mass is 304 g/mol. The number of nitrogens with zero attached hydrogens (tertiary/aromatic N) is 2. The van der Waals surface area contributed by atoms with E-state index in [0.717, 1.165) is 19.3 Å². The number of hydrogen-bond acceptors (Lipinski definition) is 3. The van der Waals surface area contributed by atoms with Gasteiger partial charge in [0, 0.05) is 13.1 Å². The van der Waals surface area contributed by atoms with Crippen LogP contribution >= 0.6 is 0 Å². The molecule has 1 atom stereocenters. The van der Waals surface area contributed by atoms with E-state index in [1.807, 2.05) is 0 Å². The first-order valence-corrected chi connectivity index (χ1v) is 7.57. The zero-order valence-electron chi connectivity index (χ0n) is 13.0. The minimum absolute atomic E-state index is 0.358. The predicted molar refractivity (Wildman–Crippen MR) is 80.7 cm³/mol. The van der Waals surface area contributed by atoms with Crippen molar-refractivity contribution in [3.05, 3.63) is 35.6 Å². The number of carbonyl (C=O) groups is 1. The summed E-state index contributed by atoms with van der Waals surface area (Å²) in [6, 6.07) is 7.89. The molecule has 0 aliphatic carbocycles. The summed E-state index contributed by atoms with van der Waals surface area (Å²) in [6.45, 7) is 4.82. The van der Waals surface area contributed by atoms with E-state index in [1.165, 1.54) is 12.1 Å². The maximum atomic E-state index is 13.0. The van der Waals surface area contributed by atoms with E-state index in [9.17, 15) is 14.4 Å². The van der Waals surface area contributed by atoms with Crippen molar-refractivity contribution in [2.75, 3.05) is 13.1 Å². The Morgan fingerprint density at radius 1 is 1.27 bits per heavy atom. The molecule has 1 fully saturated rings. The third-order valence-corrected chi connectivity index (χ3v) is 3.99. The van der Waals surface area contributed by atoms with Gasteiger partial charge < -0.3 is 9.64 Å². The van der Waals surface area contributed by atoms with Crippen LogP contribution < -0.4 is 0 Å². The van der Waals surface area contributed by atoms with Crippen LogP contribution in [0.15, 0.2) is 24.3 Å². The zero-order chi connectivity index (χ0) is 16.2. The molecule has 1 unspecified atom stereocenters. The summed E-state index contributed by atoms with van der Waals surface area (Å²) in [5.41, 5.74) is -0.346. The van der Waals surface area contributed by atoms with Gasteiger partial charge >= 0.3 is 6.09 Å². The molecule has 0 N–H and O–H groups in total. The van der Waals surface area contributed by atoms with Crippen LogP contribution in [0.2, 0.25) is 0 Å². The van der Waals surface area contributed by atoms with Crippen LogP contribution in [-0.2, 0) is 4.74 Å². The number of carbonyl (C=O) groups excluding carboxylic acids is 1. The van der Waals surface area contributed by atoms with Crippen molar-refractivity contribution in [3.8, 4) is 6.07 Å². The van der Waals surface area contributed by atoms with Crippen molar-refractivity contribution in [3.63, 3.8) is 0 Å². The standard InChI is InChI=1S/C17H21FN2O2/c1-17(2,22-16(21)20-10-4-3-5-11-20)15(12-19)13-6-8-14(18)9-7-13/h6-9,15H,3-5,10-11H2,1-2H3. The van der Waals surface area contributed by atoms with Crippen molar-refractivity contribution >= 4 is 6.09 Å². The molecular weight excluding hydrogens is 283 g/mol. The summed E-state index contributed by atoms with van der Waals surface area (Å²) < 4.78 is 18.6. The number of nitriles is 1. The third-order valence-electron chi connectivity index (χ3n) is 3.99. The van der Waals surface area contributed by atoms with Crippen molar-refractivity contribution in [1.29, 1.82) is 5.26 Å². The van der Waals surface area contributed by atoms with Crippen molar-refractivity contribution in [2.24, 2.45) is 0 Å². The molecule has 5 heteroatoms. The molecule has 118 valence electrons. The lowest BCUT2D eigenvalue weighted by atomic mass is 9.85. The summed E-state index contributed by atoms with van der Waals surface area (Å²) in [4.78, 5) is 13.9. The van der Waals surface area contributed by atoms with Gasteiger partial charge in [0.05, 0.1) is 6.07 Å². The van der Waals surface area contributed by atoms with Gasteiger partial charge in [0.2, 0.25) is 0 Å². The average molecular weight is 304 g/mol. The molecule has 1 aromatic rings. The highest BCUT2D eigenvalue weighted by Crippen LogP contribution is 2.31. The fraction of sp³-hybridized carbons (Fsp3) is 0.529. The predicted octanol–water partition coefficient (Wildman–Crippen LogP) is 3.83. The second kappa shape index (κ2) is 6.78. The van der Waals surface area contributed by atoms with Crippen molar-refractivity contribution in [1.82, 2.24) is 4.90 Å². The Hall–Kier alpha value is -2.09. The van der Waals surface area contributed by atoms with E-state index in [2.05, 4.69) is 6.07 Å². The Morgan fingerprint density at radius 2 is 1.86 bits per heavy atom. The van der Waals surface area contributed by atoms with Crippen LogP contribution in [0.25, 0.3) is 0 Å². The van der Waals surface area contributed by atoms with Gasteiger partial charge in [0.1, 0.15) is 17.3 Å². The quantitative estimate of drug-likeness (QED) is 0.852. The number of piperidine rings is 1. The topological polar surface area (TPSA) is 53.3 Å². The Kier molecular flexibility index (Phi) is 5.02. The molecule has 0 radical (unpaired) electrons. The average Bonchev–Trinajstić information content (AvgIpc) is 2.50. The first-order chi connectivity index (χ1) is 10.4. The van der Waals surface area contributed by atoms with E-state index >= 15 is 0 Å². The van der Waals surface area contributed by atoms with Crippen LogP contribution in [-0.4, -0.2) is 29.7 Å². The highest BCUT2D eigenvalue weighted by Gasteiger charge is 2.36. The molecule has 0 spiro atoms. The zero-order valence-corrected chi connectivity index (χ0v) is 13.0. The fourth-order valence-corrected chi connectivity index (χ4v) is 2.71. The molecule has 1 saturated heterocycles. The number of ether oxygens (including phenoxy) is 1. The molecule has 1 aliphatic heterocycles. The van der Waals surface area contributed by atoms with Crippen molar-refractivity contribution < 1.29 is 13.9 Å². The molecule has 0 bridgehead atoms. The van der Waals surface area contributed by atoms with Gasteiger partial charge in [-0.3, -0.25) is 0 Å². The second-order valence-electron chi connectivity index (χ2n) is 6.13. The molecule has 2 rings (SSSR count). The Bertz CT molecular complexity index is 557. The first-order valence-electron chi connectivity index (χ1n) is 7.57. The number of rotatable bonds is 3. The lowest BCUT2D eigenvalue weighted by Gasteiger charge is -2.34. The number of amides is 1. The van der Waals surface area contributed by atoms with E-state index in [-0.39, 0.29) is 11.9 Å². The molecule has 22 heavy (non-hydrogen) atoms. The van der Waals surface area contributed by atoms with E-state index in [1.54, 1.807) is 30.9 Å². The molecule has 1 heterocycles. The summed E-state index contributed by atoms with van der Waals surface area (Å²) in [5, 5.41) is 9.46.